The van der Waals surface area contributed by atoms with Gasteiger partial charge in [0.1, 0.15) is 0 Å². The van der Waals surface area contributed by atoms with Gasteiger partial charge in [-0.2, -0.15) is 5.10 Å². The van der Waals surface area contributed by atoms with Crippen LogP contribution >= 0.6 is 11.3 Å². The molecule has 0 bridgehead atoms. The second-order valence-corrected chi connectivity index (χ2v) is 8.05. The number of carbonyl (C=O) groups is 1. The van der Waals surface area contributed by atoms with Gasteiger partial charge in [0, 0.05) is 24.4 Å². The van der Waals surface area contributed by atoms with Crippen molar-refractivity contribution in [1.29, 1.82) is 0 Å². The molecule has 1 aliphatic heterocycles. The number of nitrogens with zero attached hydrogens (tertiary/aromatic N) is 4. The van der Waals surface area contributed by atoms with Crippen LogP contribution in [0.5, 0.6) is 0 Å². The van der Waals surface area contributed by atoms with Crippen LogP contribution < -0.4 is 5.32 Å². The Morgan fingerprint density at radius 1 is 1.25 bits per heavy atom. The molecule has 0 atom stereocenters. The summed E-state index contributed by atoms with van der Waals surface area (Å²) in [4.78, 5) is 21.2. The summed E-state index contributed by atoms with van der Waals surface area (Å²) in [5.74, 6) is -0.130. The first-order valence-corrected chi connectivity index (χ1v) is 10.6. The van der Waals surface area contributed by atoms with E-state index < -0.39 is 0 Å². The topological polar surface area (TPSA) is 63.1 Å². The average molecular weight is 396 g/mol. The van der Waals surface area contributed by atoms with Crippen molar-refractivity contribution in [2.45, 2.75) is 39.8 Å². The largest absolute Gasteiger partial charge is 0.298 e. The third-order valence-electron chi connectivity index (χ3n) is 5.18. The summed E-state index contributed by atoms with van der Waals surface area (Å²) >= 11 is 1.59. The number of hydrogen-bond acceptors (Lipinski definition) is 5. The van der Waals surface area contributed by atoms with Crippen molar-refractivity contribution in [2.24, 2.45) is 0 Å². The lowest BCUT2D eigenvalue weighted by molar-refractivity contribution is 0.102. The van der Waals surface area contributed by atoms with E-state index in [1.165, 1.54) is 10.4 Å². The molecule has 1 amide bonds. The van der Waals surface area contributed by atoms with Gasteiger partial charge in [0.05, 0.1) is 29.7 Å². The van der Waals surface area contributed by atoms with Gasteiger partial charge < -0.3 is 0 Å². The number of amides is 1. The van der Waals surface area contributed by atoms with Gasteiger partial charge in [-0.15, -0.1) is 11.3 Å². The van der Waals surface area contributed by atoms with Gasteiger partial charge in [0.25, 0.3) is 5.91 Å². The van der Waals surface area contributed by atoms with Crippen molar-refractivity contribution in [3.63, 3.8) is 0 Å². The number of thiazole rings is 1. The van der Waals surface area contributed by atoms with Gasteiger partial charge in [-0.3, -0.25) is 19.7 Å². The third kappa shape index (κ3) is 3.86. The number of rotatable bonds is 6. The lowest BCUT2D eigenvalue weighted by atomic mass is 10.2. The van der Waals surface area contributed by atoms with Crippen LogP contribution in [0.4, 0.5) is 5.13 Å². The highest BCUT2D eigenvalue weighted by molar-refractivity contribution is 7.15. The number of benzene rings is 1. The summed E-state index contributed by atoms with van der Waals surface area (Å²) in [5, 5.41) is 8.15. The molecule has 0 spiro atoms. The lowest BCUT2D eigenvalue weighted by Gasteiger charge is -2.23. The molecule has 3 heterocycles. The maximum absolute atomic E-state index is 12.9. The summed E-state index contributed by atoms with van der Waals surface area (Å²) in [6.07, 6.45) is 3.36. The first-order chi connectivity index (χ1) is 13.7. The minimum absolute atomic E-state index is 0.130. The molecule has 0 unspecified atom stereocenters. The highest BCUT2D eigenvalue weighted by Gasteiger charge is 2.22. The predicted octanol–water partition coefficient (Wildman–Crippen LogP) is 3.58. The summed E-state index contributed by atoms with van der Waals surface area (Å²) < 4.78 is 1.91. The fourth-order valence-electron chi connectivity index (χ4n) is 3.60. The Labute approximate surface area is 169 Å². The van der Waals surface area contributed by atoms with Crippen LogP contribution in [0.25, 0.3) is 0 Å². The molecule has 1 aliphatic rings. The molecule has 2 aromatic heterocycles. The number of likely N-dealkylation sites (N-methyl/N-ethyl adjacent to an activating group) is 1. The first kappa shape index (κ1) is 18.8. The van der Waals surface area contributed by atoms with E-state index in [-0.39, 0.29) is 5.91 Å². The third-order valence-corrected chi connectivity index (χ3v) is 6.18. The fourth-order valence-corrected chi connectivity index (χ4v) is 4.65. The fraction of sp³-hybridized carbons (Fsp3) is 0.381. The molecule has 0 radical (unpaired) electrons. The molecule has 28 heavy (non-hydrogen) atoms. The first-order valence-electron chi connectivity index (χ1n) is 9.78. The van der Waals surface area contributed by atoms with Crippen LogP contribution in [0.15, 0.2) is 36.5 Å². The highest BCUT2D eigenvalue weighted by atomic mass is 32.1. The summed E-state index contributed by atoms with van der Waals surface area (Å²) in [5.41, 5.74) is 3.86. The molecule has 4 rings (SSSR count). The van der Waals surface area contributed by atoms with Gasteiger partial charge in [-0.25, -0.2) is 4.98 Å². The monoisotopic (exact) mass is 395 g/mol. The van der Waals surface area contributed by atoms with Crippen molar-refractivity contribution in [1.82, 2.24) is 19.7 Å². The summed E-state index contributed by atoms with van der Waals surface area (Å²) in [6.45, 7) is 7.89. The number of hydrogen-bond donors (Lipinski definition) is 1. The molecule has 6 nitrogen and oxygen atoms in total. The van der Waals surface area contributed by atoms with E-state index in [0.29, 0.717) is 17.2 Å². The molecule has 0 saturated heterocycles. The highest BCUT2D eigenvalue weighted by Crippen LogP contribution is 2.28. The van der Waals surface area contributed by atoms with Gasteiger partial charge in [0.15, 0.2) is 5.13 Å². The van der Waals surface area contributed by atoms with Crippen molar-refractivity contribution in [3.8, 4) is 0 Å². The van der Waals surface area contributed by atoms with Gasteiger partial charge in [0.2, 0.25) is 0 Å². The molecular formula is C21H25N5OS. The van der Waals surface area contributed by atoms with Gasteiger partial charge >= 0.3 is 0 Å². The Hall–Kier alpha value is -2.51. The molecule has 0 aliphatic carbocycles. The zero-order chi connectivity index (χ0) is 19.5. The Morgan fingerprint density at radius 2 is 2.07 bits per heavy atom. The van der Waals surface area contributed by atoms with Crippen molar-refractivity contribution >= 4 is 22.4 Å². The van der Waals surface area contributed by atoms with Crippen molar-refractivity contribution in [2.75, 3.05) is 18.4 Å². The van der Waals surface area contributed by atoms with E-state index in [9.17, 15) is 4.79 Å². The minimum atomic E-state index is -0.130. The number of carbonyl (C=O) groups excluding carboxylic acids is 1. The predicted molar refractivity (Wildman–Crippen MR) is 112 cm³/mol. The molecule has 146 valence electrons. The normalized spacial score (nSPS) is 14.1. The van der Waals surface area contributed by atoms with Crippen LogP contribution in [0.3, 0.4) is 0 Å². The Balaban J connectivity index is 1.50. The van der Waals surface area contributed by atoms with E-state index in [1.807, 2.05) is 22.9 Å². The molecule has 3 aromatic rings. The number of fused-ring (bicyclic) bond motifs is 1. The number of aromatic nitrogens is 3. The van der Waals surface area contributed by atoms with Crippen LogP contribution in [0.2, 0.25) is 0 Å². The molecule has 1 aromatic carbocycles. The van der Waals surface area contributed by atoms with Crippen molar-refractivity contribution in [3.05, 3.63) is 63.9 Å². The molecule has 1 N–H and O–H groups in total. The second kappa shape index (κ2) is 8.24. The maximum Gasteiger partial charge on any atom is 0.260 e. The van der Waals surface area contributed by atoms with Gasteiger partial charge in [-0.1, -0.05) is 44.2 Å². The standard InChI is InChI=1S/C21H25N5OS/c1-3-18-16(12-22-26(18)13-15-8-6-5-7-9-15)20(27)24-21-23-17-10-11-25(4-2)14-19(17)28-21/h5-9,12H,3-4,10-11,13-14H2,1-2H3,(H,23,24,27). The van der Waals surface area contributed by atoms with Gasteiger partial charge in [-0.05, 0) is 18.5 Å². The zero-order valence-corrected chi connectivity index (χ0v) is 17.1. The van der Waals surface area contributed by atoms with Crippen LogP contribution in [-0.2, 0) is 25.9 Å². The van der Waals surface area contributed by atoms with E-state index in [1.54, 1.807) is 17.5 Å². The van der Waals surface area contributed by atoms with E-state index in [2.05, 4.69) is 46.3 Å². The van der Waals surface area contributed by atoms with Crippen LogP contribution in [0, 0.1) is 0 Å². The minimum Gasteiger partial charge on any atom is -0.298 e. The van der Waals surface area contributed by atoms with Crippen molar-refractivity contribution < 1.29 is 4.79 Å². The Kier molecular flexibility index (Phi) is 5.54. The SMILES string of the molecule is CCc1c(C(=O)Nc2nc3c(s2)CN(CC)CC3)cnn1Cc1ccccc1. The smallest absolute Gasteiger partial charge is 0.260 e. The number of nitrogens with one attached hydrogen (secondary N) is 1. The van der Waals surface area contributed by atoms with E-state index >= 15 is 0 Å². The zero-order valence-electron chi connectivity index (χ0n) is 16.3. The summed E-state index contributed by atoms with van der Waals surface area (Å²) in [6, 6.07) is 10.2. The quantitative estimate of drug-likeness (QED) is 0.693. The maximum atomic E-state index is 12.9. The Morgan fingerprint density at radius 3 is 2.82 bits per heavy atom. The van der Waals surface area contributed by atoms with E-state index in [4.69, 9.17) is 0 Å². The molecule has 0 fully saturated rings. The Bertz CT molecular complexity index is 963. The second-order valence-electron chi connectivity index (χ2n) is 6.96. The molecule has 0 saturated carbocycles. The summed E-state index contributed by atoms with van der Waals surface area (Å²) in [7, 11) is 0. The lowest BCUT2D eigenvalue weighted by Crippen LogP contribution is -2.29. The number of anilines is 1. The molecule has 7 heteroatoms. The van der Waals surface area contributed by atoms with E-state index in [0.717, 1.165) is 43.9 Å². The van der Waals surface area contributed by atoms with Crippen LogP contribution in [-0.4, -0.2) is 38.7 Å². The average Bonchev–Trinajstić information content (AvgIpc) is 3.31. The molecular weight excluding hydrogens is 370 g/mol. The van der Waals surface area contributed by atoms with Crippen LogP contribution in [0.1, 0.15) is 46.0 Å².